The van der Waals surface area contributed by atoms with Crippen molar-refractivity contribution in [2.24, 2.45) is 16.1 Å². The standard InChI is InChI=1S/C9H18.C8H9NO.C8H11N.C2H5N.C2H6/c1-6-8(7-2)9(3,4)5;9-8(10)6-7-4-2-1-3-5-7;1-7-3-5-8(9-2)6-4-7;1-3-2;1-2/h6H,7H2,1-5H3;1-5H,6H2,(H2,9,10);3-6,9H,1-2H3;1H2,2H3;1-2H3/b8-6+;;;;. The summed E-state index contributed by atoms with van der Waals surface area (Å²) in [5.41, 5.74) is 10.3. The van der Waals surface area contributed by atoms with Crippen LogP contribution in [-0.4, -0.2) is 26.7 Å². The molecule has 33 heavy (non-hydrogen) atoms. The van der Waals surface area contributed by atoms with Gasteiger partial charge in [-0.25, -0.2) is 0 Å². The van der Waals surface area contributed by atoms with Gasteiger partial charge < -0.3 is 16.0 Å². The van der Waals surface area contributed by atoms with E-state index >= 15 is 0 Å². The van der Waals surface area contributed by atoms with Gasteiger partial charge in [-0.05, 0) is 50.1 Å². The van der Waals surface area contributed by atoms with Gasteiger partial charge in [0.25, 0.3) is 0 Å². The minimum Gasteiger partial charge on any atom is -0.388 e. The topological polar surface area (TPSA) is 67.5 Å². The average molecular weight is 456 g/mol. The van der Waals surface area contributed by atoms with E-state index in [1.807, 2.05) is 51.2 Å². The molecule has 0 spiro atoms. The maximum atomic E-state index is 10.4. The van der Waals surface area contributed by atoms with Crippen molar-refractivity contribution in [2.45, 2.75) is 68.2 Å². The number of nitrogens with one attached hydrogen (secondary N) is 1. The minimum atomic E-state index is -0.286. The quantitative estimate of drug-likeness (QED) is 0.370. The van der Waals surface area contributed by atoms with Crippen LogP contribution in [0.2, 0.25) is 0 Å². The molecule has 0 aliphatic rings. The number of hydrogen-bond donors (Lipinski definition) is 2. The number of nitrogens with zero attached hydrogens (tertiary/aromatic N) is 1. The van der Waals surface area contributed by atoms with Crippen molar-refractivity contribution in [3.8, 4) is 0 Å². The van der Waals surface area contributed by atoms with Crippen LogP contribution in [0.5, 0.6) is 0 Å². The van der Waals surface area contributed by atoms with Gasteiger partial charge in [0.15, 0.2) is 0 Å². The number of rotatable bonds is 4. The number of allylic oxidation sites excluding steroid dienone is 2. The van der Waals surface area contributed by atoms with E-state index in [9.17, 15) is 4.79 Å². The Hall–Kier alpha value is -2.88. The van der Waals surface area contributed by atoms with Crippen LogP contribution in [-0.2, 0) is 11.2 Å². The molecule has 0 aliphatic carbocycles. The zero-order chi connectivity index (χ0) is 26.3. The third kappa shape index (κ3) is 22.1. The number of amides is 1. The fourth-order valence-electron chi connectivity index (χ4n) is 2.68. The Balaban J connectivity index is -0.000000373. The second-order valence-electron chi connectivity index (χ2n) is 7.98. The second-order valence-corrected chi connectivity index (χ2v) is 7.98. The van der Waals surface area contributed by atoms with Gasteiger partial charge in [0.2, 0.25) is 5.91 Å². The van der Waals surface area contributed by atoms with Crippen molar-refractivity contribution in [3.63, 3.8) is 0 Å². The molecule has 2 rings (SSSR count). The number of aliphatic imine (C=N–C) groups is 1. The Kier molecular flexibility index (Phi) is 23.5. The molecular formula is C29H49N3O. The molecule has 1 amide bonds. The summed E-state index contributed by atoms with van der Waals surface area (Å²) in [6, 6.07) is 17.7. The van der Waals surface area contributed by atoms with Crippen LogP contribution in [0.3, 0.4) is 0 Å². The molecule has 2 aromatic carbocycles. The van der Waals surface area contributed by atoms with E-state index < -0.39 is 0 Å². The van der Waals surface area contributed by atoms with Crippen molar-refractivity contribution in [2.75, 3.05) is 19.4 Å². The molecule has 4 nitrogen and oxygen atoms in total. The Bertz CT molecular complexity index is 743. The van der Waals surface area contributed by atoms with Crippen LogP contribution < -0.4 is 11.1 Å². The molecule has 4 heteroatoms. The molecule has 0 unspecified atom stereocenters. The molecule has 0 aromatic heterocycles. The Morgan fingerprint density at radius 1 is 1.06 bits per heavy atom. The van der Waals surface area contributed by atoms with Gasteiger partial charge in [0.05, 0.1) is 6.42 Å². The zero-order valence-electron chi connectivity index (χ0n) is 22.8. The Morgan fingerprint density at radius 2 is 1.52 bits per heavy atom. The summed E-state index contributed by atoms with van der Waals surface area (Å²) in [4.78, 5) is 13.6. The van der Waals surface area contributed by atoms with Crippen molar-refractivity contribution in [1.29, 1.82) is 0 Å². The fourth-order valence-corrected chi connectivity index (χ4v) is 2.68. The van der Waals surface area contributed by atoms with E-state index in [0.29, 0.717) is 11.8 Å². The summed E-state index contributed by atoms with van der Waals surface area (Å²) in [6.07, 6.45) is 3.74. The Morgan fingerprint density at radius 3 is 1.79 bits per heavy atom. The van der Waals surface area contributed by atoms with Crippen LogP contribution in [0.25, 0.3) is 0 Å². The maximum Gasteiger partial charge on any atom is 0.221 e. The number of primary amides is 1. The normalized spacial score (nSPS) is 9.70. The SMILES string of the molecule is C/C=C(\CC)C(C)(C)C.C=NC.CC.CNc1ccc(C)cc1.NC(=O)Cc1ccccc1. The molecular weight excluding hydrogens is 406 g/mol. The highest BCUT2D eigenvalue weighted by molar-refractivity contribution is 5.76. The predicted octanol–water partition coefficient (Wildman–Crippen LogP) is 7.48. The van der Waals surface area contributed by atoms with Crippen LogP contribution in [0.15, 0.2) is 71.2 Å². The second kappa shape index (κ2) is 22.3. The number of carbonyl (C=O) groups is 1. The molecule has 2 aromatic rings. The highest BCUT2D eigenvalue weighted by Gasteiger charge is 2.13. The van der Waals surface area contributed by atoms with Crippen LogP contribution in [0.1, 0.15) is 66.0 Å². The van der Waals surface area contributed by atoms with E-state index in [0.717, 1.165) is 5.56 Å². The van der Waals surface area contributed by atoms with Gasteiger partial charge in [-0.15, -0.1) is 0 Å². The summed E-state index contributed by atoms with van der Waals surface area (Å²) in [6.45, 7) is 20.3. The predicted molar refractivity (Wildman–Crippen MR) is 150 cm³/mol. The first-order valence-corrected chi connectivity index (χ1v) is 11.6. The first kappa shape index (κ1) is 34.7. The first-order chi connectivity index (χ1) is 15.5. The zero-order valence-corrected chi connectivity index (χ0v) is 22.8. The van der Waals surface area contributed by atoms with Crippen LogP contribution in [0.4, 0.5) is 5.69 Å². The first-order valence-electron chi connectivity index (χ1n) is 11.6. The monoisotopic (exact) mass is 455 g/mol. The molecule has 3 N–H and O–H groups in total. The molecule has 0 saturated heterocycles. The van der Waals surface area contributed by atoms with E-state index in [4.69, 9.17) is 5.73 Å². The summed E-state index contributed by atoms with van der Waals surface area (Å²) < 4.78 is 0. The number of aryl methyl sites for hydroxylation is 1. The van der Waals surface area contributed by atoms with Crippen LogP contribution >= 0.6 is 0 Å². The summed E-state index contributed by atoms with van der Waals surface area (Å²) in [7, 11) is 3.56. The molecule has 0 heterocycles. The summed E-state index contributed by atoms with van der Waals surface area (Å²) in [5.74, 6) is -0.286. The van der Waals surface area contributed by atoms with Gasteiger partial charge in [-0.3, -0.25) is 4.79 Å². The number of anilines is 1. The molecule has 0 atom stereocenters. The average Bonchev–Trinajstić information content (AvgIpc) is 2.77. The summed E-state index contributed by atoms with van der Waals surface area (Å²) in [5, 5.41) is 3.05. The van der Waals surface area contributed by atoms with Crippen molar-refractivity contribution in [1.82, 2.24) is 0 Å². The Labute approximate surface area is 204 Å². The fraction of sp³-hybridized carbons (Fsp3) is 0.448. The maximum absolute atomic E-state index is 10.4. The van der Waals surface area contributed by atoms with E-state index in [-0.39, 0.29) is 5.91 Å². The smallest absolute Gasteiger partial charge is 0.221 e. The van der Waals surface area contributed by atoms with E-state index in [1.54, 1.807) is 12.6 Å². The molecule has 0 fully saturated rings. The van der Waals surface area contributed by atoms with E-state index in [1.165, 1.54) is 17.7 Å². The van der Waals surface area contributed by atoms with Crippen molar-refractivity contribution >= 4 is 18.3 Å². The highest BCUT2D eigenvalue weighted by atomic mass is 16.1. The number of hydrogen-bond acceptors (Lipinski definition) is 3. The molecule has 0 saturated carbocycles. The van der Waals surface area contributed by atoms with Crippen molar-refractivity contribution in [3.05, 3.63) is 77.4 Å². The minimum absolute atomic E-state index is 0.286. The van der Waals surface area contributed by atoms with Gasteiger partial charge in [-0.1, -0.05) is 101 Å². The number of carbonyl (C=O) groups excluding carboxylic acids is 1. The van der Waals surface area contributed by atoms with Gasteiger partial charge in [0.1, 0.15) is 0 Å². The van der Waals surface area contributed by atoms with Gasteiger partial charge in [0, 0.05) is 19.8 Å². The molecule has 0 bridgehead atoms. The third-order valence-electron chi connectivity index (χ3n) is 4.25. The molecule has 0 radical (unpaired) electrons. The van der Waals surface area contributed by atoms with Crippen LogP contribution in [0, 0.1) is 12.3 Å². The third-order valence-corrected chi connectivity index (χ3v) is 4.25. The molecule has 186 valence electrons. The number of nitrogens with two attached hydrogens (primary N) is 1. The molecule has 0 aliphatic heterocycles. The lowest BCUT2D eigenvalue weighted by Gasteiger charge is -2.21. The lowest BCUT2D eigenvalue weighted by molar-refractivity contribution is -0.117. The van der Waals surface area contributed by atoms with Gasteiger partial charge in [-0.2, -0.15) is 0 Å². The highest BCUT2D eigenvalue weighted by Crippen LogP contribution is 2.26. The largest absolute Gasteiger partial charge is 0.388 e. The van der Waals surface area contributed by atoms with Crippen molar-refractivity contribution < 1.29 is 4.79 Å². The summed E-state index contributed by atoms with van der Waals surface area (Å²) >= 11 is 0. The van der Waals surface area contributed by atoms with E-state index in [2.05, 4.69) is 88.9 Å². The lowest BCUT2D eigenvalue weighted by atomic mass is 9.85. The number of benzene rings is 2. The van der Waals surface area contributed by atoms with Gasteiger partial charge >= 0.3 is 0 Å². The lowest BCUT2D eigenvalue weighted by Crippen LogP contribution is -2.13.